The van der Waals surface area contributed by atoms with Crippen LogP contribution in [0, 0.1) is 0 Å². The fraction of sp³-hybridized carbons (Fsp3) is 0.778. The van der Waals surface area contributed by atoms with Gasteiger partial charge in [0.05, 0.1) is 6.61 Å². The molecule has 1 rings (SSSR count). The number of carbonyl (C=O) groups excluding carboxylic acids is 2. The number of nitrogens with two attached hydrogens (primary N) is 1. The highest BCUT2D eigenvalue weighted by molar-refractivity contribution is 5.82. The maximum atomic E-state index is 11.7. The minimum absolute atomic E-state index is 0.200. The summed E-state index contributed by atoms with van der Waals surface area (Å²) >= 11 is 0. The molecule has 0 saturated carbocycles. The van der Waals surface area contributed by atoms with Crippen LogP contribution in [0.1, 0.15) is 12.8 Å². The van der Waals surface area contributed by atoms with Gasteiger partial charge in [-0.3, -0.25) is 14.4 Å². The predicted octanol–water partition coefficient (Wildman–Crippen LogP) is -2.04. The van der Waals surface area contributed by atoms with Crippen LogP contribution in [0.25, 0.3) is 0 Å². The molecule has 0 aliphatic carbocycles. The van der Waals surface area contributed by atoms with Crippen LogP contribution in [0.2, 0.25) is 0 Å². The predicted molar refractivity (Wildman–Crippen MR) is 57.7 cm³/mol. The van der Waals surface area contributed by atoms with E-state index in [9.17, 15) is 9.59 Å². The molecule has 17 heavy (non-hydrogen) atoms. The van der Waals surface area contributed by atoms with Crippen LogP contribution in [0.4, 0.5) is 0 Å². The van der Waals surface area contributed by atoms with E-state index >= 15 is 0 Å². The molecule has 1 saturated heterocycles. The molecule has 2 amide bonds. The van der Waals surface area contributed by atoms with Gasteiger partial charge in [-0.25, -0.2) is 11.0 Å². The van der Waals surface area contributed by atoms with Crippen LogP contribution in [-0.2, 0) is 14.4 Å². The number of piperidine rings is 1. The Hall–Kier alpha value is -1.22. The highest BCUT2D eigenvalue weighted by Gasteiger charge is 2.32. The van der Waals surface area contributed by atoms with Crippen molar-refractivity contribution in [1.82, 2.24) is 15.9 Å². The summed E-state index contributed by atoms with van der Waals surface area (Å²) in [6.45, 7) is 0.814. The van der Waals surface area contributed by atoms with E-state index < -0.39 is 6.04 Å². The third kappa shape index (κ3) is 3.93. The first-order chi connectivity index (χ1) is 8.22. The Morgan fingerprint density at radius 2 is 2.35 bits per heavy atom. The van der Waals surface area contributed by atoms with Crippen molar-refractivity contribution in [3.05, 3.63) is 0 Å². The smallest absolute Gasteiger partial charge is 0.266 e. The maximum absolute atomic E-state index is 11.7. The Morgan fingerprint density at radius 3 is 2.94 bits per heavy atom. The molecule has 1 aliphatic rings. The molecule has 0 radical (unpaired) electrons. The van der Waals surface area contributed by atoms with Gasteiger partial charge in [0.1, 0.15) is 6.04 Å². The Bertz CT molecular complexity index is 263. The molecule has 0 bridgehead atoms. The molecular formula is C9H18N4O4. The summed E-state index contributed by atoms with van der Waals surface area (Å²) < 4.78 is 0. The van der Waals surface area contributed by atoms with E-state index in [1.54, 1.807) is 0 Å². The second-order valence-electron chi connectivity index (χ2n) is 3.82. The van der Waals surface area contributed by atoms with Crippen molar-refractivity contribution in [1.29, 1.82) is 0 Å². The maximum Gasteiger partial charge on any atom is 0.266 e. The first-order valence-electron chi connectivity index (χ1n) is 5.45. The van der Waals surface area contributed by atoms with E-state index in [0.717, 1.165) is 0 Å². The van der Waals surface area contributed by atoms with Gasteiger partial charge in [0, 0.05) is 19.1 Å². The topological polar surface area (TPSA) is 117 Å². The van der Waals surface area contributed by atoms with Gasteiger partial charge in [0.2, 0.25) is 6.41 Å². The summed E-state index contributed by atoms with van der Waals surface area (Å²) in [7, 11) is 0. The van der Waals surface area contributed by atoms with Crippen LogP contribution in [0.3, 0.4) is 0 Å². The lowest BCUT2D eigenvalue weighted by Crippen LogP contribution is -2.54. The summed E-state index contributed by atoms with van der Waals surface area (Å²) in [6.07, 6.45) is 1.67. The molecule has 8 heteroatoms. The van der Waals surface area contributed by atoms with E-state index in [-0.39, 0.29) is 25.1 Å². The average Bonchev–Trinajstić information content (AvgIpc) is 2.38. The van der Waals surface area contributed by atoms with Crippen molar-refractivity contribution in [2.75, 3.05) is 19.7 Å². The number of nitrogens with one attached hydrogen (secondary N) is 2. The fourth-order valence-corrected chi connectivity index (χ4v) is 1.75. The van der Waals surface area contributed by atoms with Gasteiger partial charge in [-0.1, -0.05) is 0 Å². The molecule has 5 N–H and O–H groups in total. The van der Waals surface area contributed by atoms with Crippen LogP contribution in [0.15, 0.2) is 0 Å². The second kappa shape index (κ2) is 7.17. The van der Waals surface area contributed by atoms with Gasteiger partial charge in [-0.2, -0.15) is 0 Å². The number of amides is 2. The zero-order chi connectivity index (χ0) is 12.7. The minimum Gasteiger partial charge on any atom is -0.331 e. The van der Waals surface area contributed by atoms with Crippen molar-refractivity contribution >= 4 is 12.3 Å². The van der Waals surface area contributed by atoms with E-state index in [1.807, 2.05) is 0 Å². The van der Waals surface area contributed by atoms with Gasteiger partial charge < -0.3 is 15.8 Å². The molecule has 1 heterocycles. The number of rotatable bonds is 6. The third-order valence-corrected chi connectivity index (χ3v) is 2.63. The largest absolute Gasteiger partial charge is 0.331 e. The highest BCUT2D eigenvalue weighted by Crippen LogP contribution is 2.15. The molecule has 8 nitrogen and oxygen atoms in total. The molecule has 0 aromatic rings. The second-order valence-corrected chi connectivity index (χ2v) is 3.82. The zero-order valence-corrected chi connectivity index (χ0v) is 9.46. The summed E-state index contributed by atoms with van der Waals surface area (Å²) in [5.41, 5.74) is 9.55. The van der Waals surface area contributed by atoms with Crippen LogP contribution >= 0.6 is 0 Å². The quantitative estimate of drug-likeness (QED) is 0.244. The van der Waals surface area contributed by atoms with Crippen LogP contribution in [0.5, 0.6) is 0 Å². The van der Waals surface area contributed by atoms with Gasteiger partial charge in [0.15, 0.2) is 0 Å². The van der Waals surface area contributed by atoms with Crippen LogP contribution < -0.4 is 16.7 Å². The number of nitrogens with zero attached hydrogens (tertiary/aromatic N) is 1. The third-order valence-electron chi connectivity index (χ3n) is 2.63. The molecule has 98 valence electrons. The highest BCUT2D eigenvalue weighted by atomic mass is 16.7. The fourth-order valence-electron chi connectivity index (χ4n) is 1.75. The van der Waals surface area contributed by atoms with E-state index in [4.69, 9.17) is 15.8 Å². The van der Waals surface area contributed by atoms with Gasteiger partial charge in [0.25, 0.3) is 5.91 Å². The molecule has 2 atom stereocenters. The summed E-state index contributed by atoms with van der Waals surface area (Å²) in [5.74, 6) is -0.373. The minimum atomic E-state index is -0.560. The van der Waals surface area contributed by atoms with Crippen molar-refractivity contribution in [2.24, 2.45) is 5.73 Å². The lowest BCUT2D eigenvalue weighted by atomic mass is 9.99. The van der Waals surface area contributed by atoms with Crippen LogP contribution in [-0.4, -0.2) is 54.2 Å². The Kier molecular flexibility index (Phi) is 5.84. The van der Waals surface area contributed by atoms with Crippen molar-refractivity contribution < 1.29 is 19.6 Å². The molecule has 1 fully saturated rings. The first-order valence-corrected chi connectivity index (χ1v) is 5.45. The lowest BCUT2D eigenvalue weighted by molar-refractivity contribution is -0.145. The van der Waals surface area contributed by atoms with Gasteiger partial charge in [-0.05, 0) is 12.8 Å². The molecule has 0 aromatic heterocycles. The Balaban J connectivity index is 2.45. The zero-order valence-electron chi connectivity index (χ0n) is 9.46. The lowest BCUT2D eigenvalue weighted by Gasteiger charge is -2.35. The molecule has 1 aliphatic heterocycles. The SMILES string of the molecule is NCCONC(=O)[C@@H]1CC[C@@H](NO)CN1C=O. The molecule has 0 aromatic carbocycles. The number of hydrogen-bond donors (Lipinski definition) is 4. The number of likely N-dealkylation sites (tertiary alicyclic amines) is 1. The van der Waals surface area contributed by atoms with Gasteiger partial charge >= 0.3 is 0 Å². The monoisotopic (exact) mass is 246 g/mol. The standard InChI is InChI=1S/C9H18N4O4/c10-3-4-17-12-9(15)8-2-1-7(11-16)5-13(8)6-14/h6-8,11,16H,1-5,10H2,(H,12,15)/t7-,8+/m1/s1. The summed E-state index contributed by atoms with van der Waals surface area (Å²) in [6, 6.07) is -0.760. The van der Waals surface area contributed by atoms with Crippen molar-refractivity contribution in [2.45, 2.75) is 24.9 Å². The normalized spacial score (nSPS) is 24.5. The van der Waals surface area contributed by atoms with Crippen molar-refractivity contribution in [3.63, 3.8) is 0 Å². The van der Waals surface area contributed by atoms with E-state index in [1.165, 1.54) is 4.90 Å². The van der Waals surface area contributed by atoms with E-state index in [0.29, 0.717) is 25.8 Å². The first kappa shape index (κ1) is 13.8. The molecule has 0 unspecified atom stereocenters. The Labute approximate surface area is 99.0 Å². The van der Waals surface area contributed by atoms with E-state index in [2.05, 4.69) is 11.0 Å². The number of carbonyl (C=O) groups is 2. The van der Waals surface area contributed by atoms with Crippen molar-refractivity contribution in [3.8, 4) is 0 Å². The molecular weight excluding hydrogens is 228 g/mol. The summed E-state index contributed by atoms with van der Waals surface area (Å²) in [5, 5.41) is 8.77. The molecule has 0 spiro atoms. The summed E-state index contributed by atoms with van der Waals surface area (Å²) in [4.78, 5) is 28.7. The Morgan fingerprint density at radius 1 is 1.59 bits per heavy atom. The number of hydroxylamine groups is 2. The average molecular weight is 246 g/mol. The number of hydrogen-bond acceptors (Lipinski definition) is 6. The van der Waals surface area contributed by atoms with Gasteiger partial charge in [-0.15, -0.1) is 0 Å².